The van der Waals surface area contributed by atoms with Crippen molar-refractivity contribution in [2.75, 3.05) is 7.11 Å². The molecule has 0 aliphatic heterocycles. The lowest BCUT2D eigenvalue weighted by Crippen LogP contribution is -2.02. The molecule has 0 saturated heterocycles. The zero-order valence-electron chi connectivity index (χ0n) is 12.7. The van der Waals surface area contributed by atoms with E-state index in [4.69, 9.17) is 10.5 Å². The molecule has 1 aromatic heterocycles. The van der Waals surface area contributed by atoms with Gasteiger partial charge in [-0.3, -0.25) is 4.68 Å². The molecule has 4 heteroatoms. The van der Waals surface area contributed by atoms with Gasteiger partial charge in [0.05, 0.1) is 12.8 Å². The molecule has 0 spiro atoms. The van der Waals surface area contributed by atoms with E-state index in [-0.39, 0.29) is 0 Å². The standard InChI is InChI=1S/C16H23N3O/c1-5-8-19-12(3)16(11(2)18-19)13-6-7-15(20-4)14(9-13)10-17/h6-7,9H,5,8,10,17H2,1-4H3. The first-order valence-corrected chi connectivity index (χ1v) is 7.03. The molecular formula is C16H23N3O. The lowest BCUT2D eigenvalue weighted by Gasteiger charge is -2.10. The fourth-order valence-electron chi connectivity index (χ4n) is 2.64. The number of methoxy groups -OCH3 is 1. The minimum Gasteiger partial charge on any atom is -0.496 e. The van der Waals surface area contributed by atoms with Crippen molar-refractivity contribution in [2.24, 2.45) is 5.73 Å². The van der Waals surface area contributed by atoms with Gasteiger partial charge in [-0.2, -0.15) is 5.10 Å². The van der Waals surface area contributed by atoms with Crippen LogP contribution in [0.3, 0.4) is 0 Å². The summed E-state index contributed by atoms with van der Waals surface area (Å²) in [5.74, 6) is 0.840. The van der Waals surface area contributed by atoms with Gasteiger partial charge in [0.25, 0.3) is 0 Å². The van der Waals surface area contributed by atoms with Gasteiger partial charge < -0.3 is 10.5 Å². The van der Waals surface area contributed by atoms with Crippen LogP contribution in [0.4, 0.5) is 0 Å². The first-order valence-electron chi connectivity index (χ1n) is 7.03. The van der Waals surface area contributed by atoms with Gasteiger partial charge in [0, 0.05) is 29.9 Å². The second-order valence-electron chi connectivity index (χ2n) is 5.00. The van der Waals surface area contributed by atoms with E-state index in [1.165, 1.54) is 11.3 Å². The highest BCUT2D eigenvalue weighted by Gasteiger charge is 2.14. The Balaban J connectivity index is 2.51. The smallest absolute Gasteiger partial charge is 0.123 e. The predicted octanol–water partition coefficient (Wildman–Crippen LogP) is 3.04. The molecule has 2 rings (SSSR count). The number of nitrogens with zero attached hydrogens (tertiary/aromatic N) is 2. The number of benzene rings is 1. The van der Waals surface area contributed by atoms with E-state index < -0.39 is 0 Å². The average Bonchev–Trinajstić information content (AvgIpc) is 2.73. The van der Waals surface area contributed by atoms with Gasteiger partial charge in [0.1, 0.15) is 5.75 Å². The number of rotatable bonds is 5. The molecule has 0 atom stereocenters. The van der Waals surface area contributed by atoms with E-state index in [0.29, 0.717) is 6.54 Å². The molecule has 2 N–H and O–H groups in total. The first kappa shape index (κ1) is 14.6. The summed E-state index contributed by atoms with van der Waals surface area (Å²) >= 11 is 0. The highest BCUT2D eigenvalue weighted by atomic mass is 16.5. The van der Waals surface area contributed by atoms with Crippen LogP contribution in [0.15, 0.2) is 18.2 Å². The van der Waals surface area contributed by atoms with Crippen LogP contribution in [-0.2, 0) is 13.1 Å². The monoisotopic (exact) mass is 273 g/mol. The molecular weight excluding hydrogens is 250 g/mol. The Hall–Kier alpha value is -1.81. The molecule has 0 amide bonds. The molecule has 0 aliphatic carbocycles. The van der Waals surface area contributed by atoms with Crippen molar-refractivity contribution in [1.82, 2.24) is 9.78 Å². The van der Waals surface area contributed by atoms with E-state index in [2.05, 4.69) is 42.7 Å². The van der Waals surface area contributed by atoms with Crippen LogP contribution in [0.25, 0.3) is 11.1 Å². The number of hydrogen-bond donors (Lipinski definition) is 1. The Morgan fingerprint density at radius 2 is 2.05 bits per heavy atom. The molecule has 0 unspecified atom stereocenters. The zero-order chi connectivity index (χ0) is 14.7. The lowest BCUT2D eigenvalue weighted by molar-refractivity contribution is 0.410. The number of nitrogens with two attached hydrogens (primary N) is 1. The number of hydrogen-bond acceptors (Lipinski definition) is 3. The summed E-state index contributed by atoms with van der Waals surface area (Å²) in [5.41, 5.74) is 11.4. The topological polar surface area (TPSA) is 53.1 Å². The Kier molecular flexibility index (Phi) is 4.45. The first-order chi connectivity index (χ1) is 9.62. The number of aromatic nitrogens is 2. The normalized spacial score (nSPS) is 10.8. The molecule has 0 radical (unpaired) electrons. The van der Waals surface area contributed by atoms with Crippen LogP contribution in [0.5, 0.6) is 5.75 Å². The maximum Gasteiger partial charge on any atom is 0.123 e. The summed E-state index contributed by atoms with van der Waals surface area (Å²) in [7, 11) is 1.67. The van der Waals surface area contributed by atoms with Gasteiger partial charge in [0.15, 0.2) is 0 Å². The Labute approximate surface area is 120 Å². The highest BCUT2D eigenvalue weighted by molar-refractivity contribution is 5.70. The molecule has 20 heavy (non-hydrogen) atoms. The van der Waals surface area contributed by atoms with Crippen molar-refractivity contribution >= 4 is 0 Å². The Bertz CT molecular complexity index is 602. The van der Waals surface area contributed by atoms with Crippen LogP contribution in [0, 0.1) is 13.8 Å². The van der Waals surface area contributed by atoms with Gasteiger partial charge in [-0.05, 0) is 38.0 Å². The van der Waals surface area contributed by atoms with E-state index in [1.54, 1.807) is 7.11 Å². The molecule has 2 aromatic rings. The van der Waals surface area contributed by atoms with Crippen molar-refractivity contribution in [3.63, 3.8) is 0 Å². The molecule has 1 aromatic carbocycles. The summed E-state index contributed by atoms with van der Waals surface area (Å²) in [6, 6.07) is 6.16. The summed E-state index contributed by atoms with van der Waals surface area (Å²) in [4.78, 5) is 0. The molecule has 1 heterocycles. The van der Waals surface area contributed by atoms with E-state index >= 15 is 0 Å². The van der Waals surface area contributed by atoms with Crippen molar-refractivity contribution < 1.29 is 4.74 Å². The van der Waals surface area contributed by atoms with Crippen LogP contribution < -0.4 is 10.5 Å². The minimum atomic E-state index is 0.470. The van der Waals surface area contributed by atoms with Gasteiger partial charge >= 0.3 is 0 Å². The van der Waals surface area contributed by atoms with Crippen molar-refractivity contribution in [3.05, 3.63) is 35.2 Å². The summed E-state index contributed by atoms with van der Waals surface area (Å²) in [6.07, 6.45) is 1.08. The van der Waals surface area contributed by atoms with Gasteiger partial charge in [-0.15, -0.1) is 0 Å². The summed E-state index contributed by atoms with van der Waals surface area (Å²) < 4.78 is 7.41. The van der Waals surface area contributed by atoms with Crippen LogP contribution in [0.2, 0.25) is 0 Å². The molecule has 0 aliphatic rings. The molecule has 108 valence electrons. The Morgan fingerprint density at radius 1 is 1.30 bits per heavy atom. The van der Waals surface area contributed by atoms with Crippen molar-refractivity contribution in [1.29, 1.82) is 0 Å². The average molecular weight is 273 g/mol. The van der Waals surface area contributed by atoms with E-state index in [1.807, 2.05) is 6.07 Å². The van der Waals surface area contributed by atoms with Crippen molar-refractivity contribution in [3.8, 4) is 16.9 Å². The van der Waals surface area contributed by atoms with Gasteiger partial charge in [-0.25, -0.2) is 0 Å². The third kappa shape index (κ3) is 2.56. The maximum absolute atomic E-state index is 5.80. The third-order valence-electron chi connectivity index (χ3n) is 3.61. The predicted molar refractivity (Wildman–Crippen MR) is 81.9 cm³/mol. The Morgan fingerprint density at radius 3 is 2.65 bits per heavy atom. The fourth-order valence-corrected chi connectivity index (χ4v) is 2.64. The maximum atomic E-state index is 5.80. The van der Waals surface area contributed by atoms with Crippen LogP contribution in [0.1, 0.15) is 30.3 Å². The summed E-state index contributed by atoms with van der Waals surface area (Å²) in [5, 5.41) is 4.63. The van der Waals surface area contributed by atoms with Gasteiger partial charge in [-0.1, -0.05) is 13.0 Å². The summed E-state index contributed by atoms with van der Waals surface area (Å²) in [6.45, 7) is 7.76. The second-order valence-corrected chi connectivity index (χ2v) is 5.00. The second kappa shape index (κ2) is 6.09. The molecule has 4 nitrogen and oxygen atoms in total. The lowest BCUT2D eigenvalue weighted by atomic mass is 10.0. The minimum absolute atomic E-state index is 0.470. The van der Waals surface area contributed by atoms with Crippen LogP contribution in [-0.4, -0.2) is 16.9 Å². The van der Waals surface area contributed by atoms with E-state index in [0.717, 1.165) is 35.5 Å². The number of aryl methyl sites for hydroxylation is 2. The molecule has 0 fully saturated rings. The molecule has 0 bridgehead atoms. The third-order valence-corrected chi connectivity index (χ3v) is 3.61. The molecule has 0 saturated carbocycles. The largest absolute Gasteiger partial charge is 0.496 e. The quantitative estimate of drug-likeness (QED) is 0.911. The number of ether oxygens (including phenoxy) is 1. The van der Waals surface area contributed by atoms with Gasteiger partial charge in [0.2, 0.25) is 0 Å². The van der Waals surface area contributed by atoms with Crippen molar-refractivity contribution in [2.45, 2.75) is 40.3 Å². The fraction of sp³-hybridized carbons (Fsp3) is 0.438. The zero-order valence-corrected chi connectivity index (χ0v) is 12.7. The highest BCUT2D eigenvalue weighted by Crippen LogP contribution is 2.31. The van der Waals surface area contributed by atoms with Crippen LogP contribution >= 0.6 is 0 Å². The van der Waals surface area contributed by atoms with E-state index in [9.17, 15) is 0 Å². The SMILES string of the molecule is CCCn1nc(C)c(-c2ccc(OC)c(CN)c2)c1C.